The van der Waals surface area contributed by atoms with Gasteiger partial charge < -0.3 is 54.0 Å². The van der Waals surface area contributed by atoms with Crippen molar-refractivity contribution in [2.24, 2.45) is 5.73 Å². The van der Waals surface area contributed by atoms with Crippen molar-refractivity contribution in [2.75, 3.05) is 42.5 Å². The summed E-state index contributed by atoms with van der Waals surface area (Å²) < 4.78 is 41.8. The van der Waals surface area contributed by atoms with Crippen LogP contribution in [-0.2, 0) is 19.8 Å². The number of amides is 4. The Morgan fingerprint density at radius 1 is 0.522 bits per heavy atom. The van der Waals surface area contributed by atoms with Crippen LogP contribution in [0.5, 0.6) is 34.5 Å². The van der Waals surface area contributed by atoms with Gasteiger partial charge >= 0.3 is 35.6 Å². The van der Waals surface area contributed by atoms with Gasteiger partial charge in [0, 0.05) is 167 Å². The van der Waals surface area contributed by atoms with Crippen molar-refractivity contribution in [3.05, 3.63) is 184 Å². The maximum absolute atomic E-state index is 13.7. The van der Waals surface area contributed by atoms with Gasteiger partial charge in [0.25, 0.3) is 17.7 Å². The molecule has 0 aliphatic carbocycles. The average molecular weight is 1760 g/mol. The number of hydrogen-bond acceptors (Lipinski definition) is 18. The summed E-state index contributed by atoms with van der Waals surface area (Å²) in [5.74, 6) is 2.91. The van der Waals surface area contributed by atoms with E-state index >= 15 is 0 Å². The van der Waals surface area contributed by atoms with E-state index in [4.69, 9.17) is 135 Å². The first-order chi connectivity index (χ1) is 53.3. The maximum atomic E-state index is 13.7. The Morgan fingerprint density at radius 2 is 0.826 bits per heavy atom. The third kappa shape index (κ3) is 19.3. The first-order valence-corrected chi connectivity index (χ1v) is 37.3. The number of hydrogen-bond donors (Lipinski definition) is 2. The number of carbonyl (C=O) groups is 4. The number of nitriles is 2. The summed E-state index contributed by atoms with van der Waals surface area (Å²) in [6.07, 6.45) is 7.03. The molecule has 35 heteroatoms. The van der Waals surface area contributed by atoms with Gasteiger partial charge in [0.2, 0.25) is 0 Å². The zero-order valence-electron chi connectivity index (χ0n) is 65.1. The normalized spacial score (nSPS) is 11.8. The van der Waals surface area contributed by atoms with Gasteiger partial charge in [-0.1, -0.05) is 77.0 Å². The fourth-order valence-electron chi connectivity index (χ4n) is 12.0. The number of benzene rings is 6. The molecule has 0 unspecified atom stereocenters. The Balaban J connectivity index is 0.000000207. The Bertz CT molecular complexity index is 5540. The Morgan fingerprint density at radius 3 is 1.10 bits per heavy atom. The number of methoxy groups -OCH3 is 3. The first kappa shape index (κ1) is 90.6. The molecule has 3 N–H and O–H groups in total. The molecule has 0 atom stereocenters. The van der Waals surface area contributed by atoms with E-state index in [-0.39, 0.29) is 85.8 Å². The SMILES string of the molecule is C.CC#N.COc1cc2c(cc1-c1cn[nH]c1)-c1c(c(C(=O)N(C)C(C)(C)C)nn1-c1cc(Cl)cc(Cl)c1)CO2.COc1cc2c(cc1-c1cnn(C(N)=O)c1)-c1c(c(C(=O)N(C)C(C)(C)C)nn1-c1cc(Cl)cc(Cl)c1)CO2.COc1cc2c(cc1Br)-c1c(c(C(=O)N(C)C(C)(C)C)nn1-c1cc(Cl)cc(Cl)c1)CO2.N#C[O-].[Na+]. The standard InChI is InChI=1S/C27H26Cl2N6O4.C26H25Cl2N5O3.C23H22BrCl2N3O3.C2H3N.CHNO.CH4.Na/c1-27(2,3)33(4)25(36)23-20-13-39-22-10-21(38-5)18(14-11-31-34(12-14)26(30)37)9-19(22)24(20)35(32-23)17-7-15(28)6-16(29)8-17;1-26(2,3)32(4)25(34)23-20-13-36-22-10-21(35-5)18(14-11-29-30-12-14)9-19(22)24(20)33(31-23)17-7-15(27)6-16(28)8-17;1-23(2,3)28(4)22(30)20-16-11-32-18-10-19(31-5)17(24)9-15(18)21(16)29(27-20)14-7-12(25)6-13(26)8-14;1-2-3;2-1-3;;/h6-12H,13H2,1-5H3,(H2,30,37);6-12H,13H2,1-5H3,(H,29,30);6-10H,11H2,1-5H3;1H3;3H;1H4;/q;;;;;;+1/p-1. The molecule has 5 aromatic heterocycles. The Kier molecular flexibility index (Phi) is 29.1. The third-order valence-electron chi connectivity index (χ3n) is 18.4. The smallest absolute Gasteiger partial charge is 0.812 e. The minimum Gasteiger partial charge on any atom is -0.812 e. The van der Waals surface area contributed by atoms with E-state index in [0.717, 1.165) is 42.8 Å². The first-order valence-electron chi connectivity index (χ1n) is 34.3. The molecule has 3 aliphatic heterocycles. The molecule has 0 saturated heterocycles. The van der Waals surface area contributed by atoms with Crippen molar-refractivity contribution in [2.45, 2.75) is 113 Å². The Hall–Kier alpha value is -9.95. The molecule has 8 heterocycles. The van der Waals surface area contributed by atoms with Crippen LogP contribution < -0.4 is 68.8 Å². The van der Waals surface area contributed by atoms with Crippen molar-refractivity contribution in [1.82, 2.24) is 64.0 Å². The molecule has 4 amide bonds. The second-order valence-electron chi connectivity index (χ2n) is 28.5. The largest absolute Gasteiger partial charge is 1.00 e. The molecule has 0 spiro atoms. The molecule has 6 aromatic carbocycles. The molecule has 3 aliphatic rings. The van der Waals surface area contributed by atoms with Crippen molar-refractivity contribution in [3.63, 3.8) is 0 Å². The number of fused-ring (bicyclic) bond motifs is 9. The van der Waals surface area contributed by atoms with E-state index in [9.17, 15) is 19.2 Å². The number of halogens is 7. The summed E-state index contributed by atoms with van der Waals surface area (Å²) in [7, 11) is 10.0. The van der Waals surface area contributed by atoms with E-state index < -0.39 is 17.1 Å². The van der Waals surface area contributed by atoms with E-state index in [1.54, 1.807) is 143 Å². The molecule has 27 nitrogen and oxygen atoms in total. The van der Waals surface area contributed by atoms with Crippen LogP contribution in [0.4, 0.5) is 4.79 Å². The van der Waals surface area contributed by atoms with Crippen LogP contribution in [0.2, 0.25) is 30.1 Å². The second kappa shape index (κ2) is 36.9. The number of primary amides is 1. The molecule has 115 heavy (non-hydrogen) atoms. The number of H-pyrrole nitrogens is 1. The number of ether oxygens (including phenoxy) is 6. The minimum absolute atomic E-state index is 0. The predicted molar refractivity (Wildman–Crippen MR) is 440 cm³/mol. The van der Waals surface area contributed by atoms with Crippen LogP contribution in [0.3, 0.4) is 0 Å². The zero-order chi connectivity index (χ0) is 82.8. The van der Waals surface area contributed by atoms with Crippen LogP contribution in [0, 0.1) is 22.8 Å². The number of rotatable bonds is 11. The monoisotopic (exact) mass is 1750 g/mol. The molecular weight excluding hydrogens is 1680 g/mol. The van der Waals surface area contributed by atoms with Crippen molar-refractivity contribution < 1.29 is 82.3 Å². The van der Waals surface area contributed by atoms with Gasteiger partial charge in [-0.2, -0.15) is 35.4 Å². The van der Waals surface area contributed by atoms with Gasteiger partial charge in [0.1, 0.15) is 54.3 Å². The quantitative estimate of drug-likeness (QED) is 0.0897. The fourth-order valence-corrected chi connectivity index (χ4v) is 14.0. The molecule has 0 saturated carbocycles. The topological polar surface area (TPSA) is 330 Å². The van der Waals surface area contributed by atoms with Crippen molar-refractivity contribution in [1.29, 1.82) is 10.5 Å². The summed E-state index contributed by atoms with van der Waals surface area (Å²) in [6.45, 7) is 19.6. The molecule has 14 rings (SSSR count). The molecule has 11 aromatic rings. The summed E-state index contributed by atoms with van der Waals surface area (Å²) in [5, 5.41) is 50.3. The van der Waals surface area contributed by atoms with E-state index in [1.807, 2.05) is 92.6 Å². The maximum Gasteiger partial charge on any atom is 1.00 e. The summed E-state index contributed by atoms with van der Waals surface area (Å²) in [4.78, 5) is 57.4. The number of nitrogens with one attached hydrogen (secondary N) is 1. The van der Waals surface area contributed by atoms with Crippen LogP contribution in [0.1, 0.15) is 125 Å². The molecule has 596 valence electrons. The molecule has 0 fully saturated rings. The number of nitrogens with two attached hydrogens (primary N) is 1. The summed E-state index contributed by atoms with van der Waals surface area (Å²) >= 11 is 41.5. The van der Waals surface area contributed by atoms with E-state index in [2.05, 4.69) is 31.2 Å². The number of carbonyl (C=O) groups excluding carboxylic acids is 4. The summed E-state index contributed by atoms with van der Waals surface area (Å²) in [5.41, 5.74) is 16.1. The van der Waals surface area contributed by atoms with Crippen LogP contribution >= 0.6 is 85.5 Å². The van der Waals surface area contributed by atoms with Gasteiger partial charge in [-0.25, -0.2) is 24.1 Å². The van der Waals surface area contributed by atoms with Crippen LogP contribution in [-0.4, -0.2) is 147 Å². The number of nitrogens with zero attached hydrogens (tertiary/aromatic N) is 14. The van der Waals surface area contributed by atoms with Crippen LogP contribution in [0.15, 0.2) is 120 Å². The summed E-state index contributed by atoms with van der Waals surface area (Å²) in [6, 6.07) is 27.6. The predicted octanol–water partition coefficient (Wildman–Crippen LogP) is 14.8. The number of aromatic amines is 1. The number of aromatic nitrogens is 10. The van der Waals surface area contributed by atoms with Crippen molar-refractivity contribution in [3.8, 4) is 120 Å². The van der Waals surface area contributed by atoms with E-state index in [0.29, 0.717) is 138 Å². The zero-order valence-corrected chi connectivity index (χ0v) is 73.2. The Labute approximate surface area is 725 Å². The van der Waals surface area contributed by atoms with Gasteiger partial charge in [-0.3, -0.25) is 19.5 Å². The second-order valence-corrected chi connectivity index (χ2v) is 32.0. The van der Waals surface area contributed by atoms with Gasteiger partial charge in [-0.15, -0.1) is 0 Å². The molecular formula is C80H80BrCl6N16NaO11. The fraction of sp³-hybridized carbons (Fsp3) is 0.287. The third-order valence-corrected chi connectivity index (χ3v) is 20.4. The minimum atomic E-state index is -0.717. The van der Waals surface area contributed by atoms with Gasteiger partial charge in [0.05, 0.1) is 78.4 Å². The molecule has 0 bridgehead atoms. The average Bonchev–Trinajstić information content (AvgIpc) is 1.62. The molecule has 0 radical (unpaired) electrons. The van der Waals surface area contributed by atoms with Gasteiger partial charge in [0.15, 0.2) is 17.1 Å². The van der Waals surface area contributed by atoms with Crippen molar-refractivity contribution >= 4 is 109 Å². The van der Waals surface area contributed by atoms with Gasteiger partial charge in [-0.05, 0) is 151 Å². The van der Waals surface area contributed by atoms with E-state index in [1.165, 1.54) is 26.4 Å². The van der Waals surface area contributed by atoms with Crippen LogP contribution in [0.25, 0.3) is 73.1 Å².